The minimum atomic E-state index is -3.58. The normalized spacial score (nSPS) is 12.7. The molecule has 0 unspecified atom stereocenters. The van der Waals surface area contributed by atoms with Crippen molar-refractivity contribution in [2.45, 2.75) is 19.6 Å². The van der Waals surface area contributed by atoms with Crippen LogP contribution in [0.3, 0.4) is 0 Å². The first-order chi connectivity index (χ1) is 16.7. The van der Waals surface area contributed by atoms with Crippen LogP contribution in [0, 0.1) is 0 Å². The molecule has 0 saturated carbocycles. The molecule has 35 heavy (non-hydrogen) atoms. The van der Waals surface area contributed by atoms with E-state index in [1.54, 1.807) is 19.2 Å². The average molecular weight is 504 g/mol. The standard InChI is InChI=1S/C24H23F2N3O5S/c1-3-33-21-12-16(9-10-20(21)34-23(25)26)19(14-35(2,31)32)29-22-18(28-24(29)30)11-17(13-27-22)15-7-5-4-6-8-15/h4-13,19,23H,3,14H2,1-2H3,(H,28,30)/t19-/m1/s1. The van der Waals surface area contributed by atoms with Crippen LogP contribution in [0.1, 0.15) is 18.5 Å². The lowest BCUT2D eigenvalue weighted by atomic mass is 10.1. The maximum absolute atomic E-state index is 13.0. The zero-order valence-corrected chi connectivity index (χ0v) is 19.8. The minimum absolute atomic E-state index is 0.0102. The van der Waals surface area contributed by atoms with Gasteiger partial charge in [-0.25, -0.2) is 18.2 Å². The zero-order valence-electron chi connectivity index (χ0n) is 18.9. The summed E-state index contributed by atoms with van der Waals surface area (Å²) in [5.74, 6) is -0.612. The highest BCUT2D eigenvalue weighted by molar-refractivity contribution is 7.90. The highest BCUT2D eigenvalue weighted by Crippen LogP contribution is 2.34. The fourth-order valence-electron chi connectivity index (χ4n) is 3.89. The second-order valence-electron chi connectivity index (χ2n) is 7.89. The molecule has 8 nitrogen and oxygen atoms in total. The van der Waals surface area contributed by atoms with E-state index in [1.165, 1.54) is 22.8 Å². The number of hydrogen-bond acceptors (Lipinski definition) is 6. The number of H-pyrrole nitrogens is 1. The number of alkyl halides is 2. The molecule has 0 aliphatic rings. The molecule has 0 saturated heterocycles. The first-order valence-electron chi connectivity index (χ1n) is 10.7. The minimum Gasteiger partial charge on any atom is -0.490 e. The number of sulfone groups is 1. The quantitative estimate of drug-likeness (QED) is 0.370. The summed E-state index contributed by atoms with van der Waals surface area (Å²) in [7, 11) is -3.58. The molecule has 0 bridgehead atoms. The fourth-order valence-corrected chi connectivity index (χ4v) is 4.81. The molecule has 0 aliphatic heterocycles. The molecule has 11 heteroatoms. The van der Waals surface area contributed by atoms with Crippen LogP contribution in [0.5, 0.6) is 11.5 Å². The van der Waals surface area contributed by atoms with Crippen LogP contribution in [-0.2, 0) is 9.84 Å². The number of fused-ring (bicyclic) bond motifs is 1. The number of ether oxygens (including phenoxy) is 2. The van der Waals surface area contributed by atoms with Crippen molar-refractivity contribution < 1.29 is 26.7 Å². The van der Waals surface area contributed by atoms with E-state index in [-0.39, 0.29) is 23.8 Å². The van der Waals surface area contributed by atoms with Gasteiger partial charge in [0.05, 0.1) is 23.9 Å². The number of nitrogens with one attached hydrogen (secondary N) is 1. The summed E-state index contributed by atoms with van der Waals surface area (Å²) in [6.45, 7) is -1.23. The molecular formula is C24H23F2N3O5S. The van der Waals surface area contributed by atoms with Gasteiger partial charge in [-0.05, 0) is 36.2 Å². The van der Waals surface area contributed by atoms with Gasteiger partial charge in [-0.3, -0.25) is 4.57 Å². The topological polar surface area (TPSA) is 103 Å². The number of hydrogen-bond donors (Lipinski definition) is 1. The molecule has 2 heterocycles. The third kappa shape index (κ3) is 5.51. The Hall–Kier alpha value is -3.73. The van der Waals surface area contributed by atoms with Gasteiger partial charge in [0.1, 0.15) is 9.84 Å². The third-order valence-corrected chi connectivity index (χ3v) is 6.22. The van der Waals surface area contributed by atoms with Crippen LogP contribution in [0.2, 0.25) is 0 Å². The van der Waals surface area contributed by atoms with E-state index in [0.29, 0.717) is 11.1 Å². The van der Waals surface area contributed by atoms with E-state index in [1.807, 2.05) is 30.3 Å². The van der Waals surface area contributed by atoms with Crippen molar-refractivity contribution in [3.63, 3.8) is 0 Å². The van der Waals surface area contributed by atoms with Crippen molar-refractivity contribution in [1.82, 2.24) is 14.5 Å². The molecule has 184 valence electrons. The number of benzene rings is 2. The number of halogens is 2. The molecule has 0 amide bonds. The van der Waals surface area contributed by atoms with Gasteiger partial charge in [0.25, 0.3) is 0 Å². The summed E-state index contributed by atoms with van der Waals surface area (Å²) in [5.41, 5.74) is 2.17. The molecule has 0 fully saturated rings. The Morgan fingerprint density at radius 2 is 1.80 bits per heavy atom. The summed E-state index contributed by atoms with van der Waals surface area (Å²) in [5, 5.41) is 0. The van der Waals surface area contributed by atoms with Gasteiger partial charge in [-0.1, -0.05) is 36.4 Å². The number of rotatable bonds is 9. The van der Waals surface area contributed by atoms with Crippen molar-refractivity contribution in [1.29, 1.82) is 0 Å². The number of nitrogens with zero attached hydrogens (tertiary/aromatic N) is 2. The molecule has 4 rings (SSSR count). The molecule has 2 aromatic carbocycles. The summed E-state index contributed by atoms with van der Waals surface area (Å²) in [6, 6.07) is 14.3. The lowest BCUT2D eigenvalue weighted by Gasteiger charge is -2.20. The predicted molar refractivity (Wildman–Crippen MR) is 128 cm³/mol. The average Bonchev–Trinajstić information content (AvgIpc) is 3.13. The lowest BCUT2D eigenvalue weighted by molar-refractivity contribution is -0.0514. The number of aromatic nitrogens is 3. The molecule has 1 N–H and O–H groups in total. The third-order valence-electron chi connectivity index (χ3n) is 5.30. The van der Waals surface area contributed by atoms with Gasteiger partial charge in [0.2, 0.25) is 0 Å². The second-order valence-corrected chi connectivity index (χ2v) is 10.1. The molecule has 1 atom stereocenters. The van der Waals surface area contributed by atoms with Crippen molar-refractivity contribution in [3.05, 3.63) is 76.8 Å². The SMILES string of the molecule is CCOc1cc([C@@H](CS(C)(=O)=O)n2c(=O)[nH]c3cc(-c4ccccc4)cnc32)ccc1OC(F)F. The van der Waals surface area contributed by atoms with E-state index in [0.717, 1.165) is 17.4 Å². The fraction of sp³-hybridized carbons (Fsp3) is 0.250. The Labute approximate surface area is 200 Å². The first kappa shape index (κ1) is 24.4. The van der Waals surface area contributed by atoms with Crippen LogP contribution in [-0.4, -0.2) is 48.2 Å². The Bertz CT molecular complexity index is 1500. The Balaban J connectivity index is 1.86. The number of aromatic amines is 1. The number of pyridine rings is 1. The van der Waals surface area contributed by atoms with E-state index < -0.39 is 33.9 Å². The Kier molecular flexibility index (Phi) is 6.88. The van der Waals surface area contributed by atoms with Crippen molar-refractivity contribution in [2.75, 3.05) is 18.6 Å². The van der Waals surface area contributed by atoms with Gasteiger partial charge >= 0.3 is 12.3 Å². The summed E-state index contributed by atoms with van der Waals surface area (Å²) < 4.78 is 61.5. The van der Waals surface area contributed by atoms with Crippen molar-refractivity contribution in [3.8, 4) is 22.6 Å². The van der Waals surface area contributed by atoms with Crippen LogP contribution in [0.15, 0.2) is 65.6 Å². The summed E-state index contributed by atoms with van der Waals surface area (Å²) in [6.07, 6.45) is 2.66. The van der Waals surface area contributed by atoms with Crippen LogP contribution in [0.25, 0.3) is 22.3 Å². The van der Waals surface area contributed by atoms with Gasteiger partial charge in [-0.15, -0.1) is 0 Å². The Morgan fingerprint density at radius 1 is 1.06 bits per heavy atom. The van der Waals surface area contributed by atoms with E-state index in [2.05, 4.69) is 14.7 Å². The first-order valence-corrected chi connectivity index (χ1v) is 12.8. The van der Waals surface area contributed by atoms with Gasteiger partial charge in [0, 0.05) is 18.0 Å². The van der Waals surface area contributed by atoms with Crippen molar-refractivity contribution >= 4 is 21.0 Å². The molecule has 0 aliphatic carbocycles. The summed E-state index contributed by atoms with van der Waals surface area (Å²) in [4.78, 5) is 20.2. The van der Waals surface area contributed by atoms with Gasteiger partial charge in [-0.2, -0.15) is 8.78 Å². The van der Waals surface area contributed by atoms with E-state index >= 15 is 0 Å². The Morgan fingerprint density at radius 3 is 2.46 bits per heavy atom. The second kappa shape index (κ2) is 9.87. The molecule has 4 aromatic rings. The molecular weight excluding hydrogens is 480 g/mol. The molecule has 2 aromatic heterocycles. The highest BCUT2D eigenvalue weighted by atomic mass is 32.2. The van der Waals surface area contributed by atoms with Gasteiger partial charge < -0.3 is 14.5 Å². The summed E-state index contributed by atoms with van der Waals surface area (Å²) >= 11 is 0. The molecule has 0 radical (unpaired) electrons. The predicted octanol–water partition coefficient (Wildman–Crippen LogP) is 4.03. The zero-order chi connectivity index (χ0) is 25.2. The van der Waals surface area contributed by atoms with Crippen molar-refractivity contribution in [2.24, 2.45) is 0 Å². The highest BCUT2D eigenvalue weighted by Gasteiger charge is 2.26. The molecule has 0 spiro atoms. The van der Waals surface area contributed by atoms with Crippen LogP contribution < -0.4 is 15.2 Å². The lowest BCUT2D eigenvalue weighted by Crippen LogP contribution is -2.28. The largest absolute Gasteiger partial charge is 0.490 e. The van der Waals surface area contributed by atoms with Gasteiger partial charge in [0.15, 0.2) is 17.1 Å². The van der Waals surface area contributed by atoms with Crippen LogP contribution >= 0.6 is 0 Å². The van der Waals surface area contributed by atoms with Crippen LogP contribution in [0.4, 0.5) is 8.78 Å². The smallest absolute Gasteiger partial charge is 0.387 e. The maximum Gasteiger partial charge on any atom is 0.387 e. The number of imidazole rings is 1. The maximum atomic E-state index is 13.0. The van der Waals surface area contributed by atoms with E-state index in [9.17, 15) is 22.0 Å². The monoisotopic (exact) mass is 503 g/mol. The van der Waals surface area contributed by atoms with E-state index in [4.69, 9.17) is 4.74 Å².